The lowest BCUT2D eigenvalue weighted by molar-refractivity contribution is -0.274. The molecule has 8 nitrogen and oxygen atoms in total. The molecule has 0 aliphatic heterocycles. The van der Waals surface area contributed by atoms with E-state index in [1.807, 2.05) is 0 Å². The summed E-state index contributed by atoms with van der Waals surface area (Å²) in [5.41, 5.74) is 1.62. The van der Waals surface area contributed by atoms with Gasteiger partial charge in [-0.3, -0.25) is 9.89 Å². The number of amides is 1. The van der Waals surface area contributed by atoms with Gasteiger partial charge in [-0.2, -0.15) is 5.10 Å². The number of alkyl halides is 3. The van der Waals surface area contributed by atoms with Crippen LogP contribution in [0.15, 0.2) is 35.4 Å². The Morgan fingerprint density at radius 1 is 1.26 bits per heavy atom. The Labute approximate surface area is 153 Å². The minimum atomic E-state index is -4.86. The fourth-order valence-electron chi connectivity index (χ4n) is 2.04. The van der Waals surface area contributed by atoms with E-state index in [2.05, 4.69) is 25.0 Å². The maximum absolute atomic E-state index is 12.1. The molecule has 2 rings (SSSR count). The molecule has 12 heteroatoms. The smallest absolute Gasteiger partial charge is 0.406 e. The Bertz CT molecular complexity index is 879. The summed E-state index contributed by atoms with van der Waals surface area (Å²) in [4.78, 5) is 11.5. The van der Waals surface area contributed by atoms with Gasteiger partial charge in [0, 0.05) is 30.8 Å². The monoisotopic (exact) mass is 406 g/mol. The second kappa shape index (κ2) is 8.39. The molecule has 0 saturated carbocycles. The van der Waals surface area contributed by atoms with Crippen molar-refractivity contribution in [3.05, 3.63) is 41.7 Å². The molecule has 0 fully saturated rings. The van der Waals surface area contributed by atoms with Crippen LogP contribution in [0.25, 0.3) is 0 Å². The van der Waals surface area contributed by atoms with Crippen molar-refractivity contribution in [3.8, 4) is 5.75 Å². The van der Waals surface area contributed by atoms with Crippen LogP contribution in [0.5, 0.6) is 5.75 Å². The van der Waals surface area contributed by atoms with Gasteiger partial charge in [-0.1, -0.05) is 0 Å². The van der Waals surface area contributed by atoms with Gasteiger partial charge in [-0.05, 0) is 31.2 Å². The van der Waals surface area contributed by atoms with E-state index in [9.17, 15) is 26.4 Å². The largest absolute Gasteiger partial charge is 0.573 e. The highest BCUT2D eigenvalue weighted by Crippen LogP contribution is 2.23. The molecule has 2 aromatic rings. The summed E-state index contributed by atoms with van der Waals surface area (Å²) in [6.07, 6.45) is -3.39. The van der Waals surface area contributed by atoms with Gasteiger partial charge >= 0.3 is 6.36 Å². The first-order chi connectivity index (χ1) is 12.6. The van der Waals surface area contributed by atoms with Crippen LogP contribution in [0.3, 0.4) is 0 Å². The number of aromatic amines is 1. The van der Waals surface area contributed by atoms with Crippen LogP contribution in [0.2, 0.25) is 0 Å². The Kier molecular flexibility index (Phi) is 6.44. The summed E-state index contributed by atoms with van der Waals surface area (Å²) in [5, 5.41) is 9.16. The van der Waals surface area contributed by atoms with Crippen LogP contribution >= 0.6 is 0 Å². The van der Waals surface area contributed by atoms with Gasteiger partial charge in [0.2, 0.25) is 15.9 Å². The highest BCUT2D eigenvalue weighted by molar-refractivity contribution is 7.89. The number of nitrogens with one attached hydrogen (secondary N) is 3. The maximum atomic E-state index is 12.1. The standard InChI is InChI=1S/C15H17F3N4O4S/c1-10-11(9-20-22-10)8-19-14(23)6-7-21-27(24,25)13-4-2-12(3-5-13)26-15(16,17)18/h2-5,9,21H,6-8H2,1H3,(H,19,23)(H,20,22). The number of aryl methyl sites for hydroxylation is 1. The average Bonchev–Trinajstić information content (AvgIpc) is 2.97. The number of rotatable bonds is 8. The van der Waals surface area contributed by atoms with E-state index < -0.39 is 22.1 Å². The van der Waals surface area contributed by atoms with Crippen molar-refractivity contribution in [2.75, 3.05) is 6.54 Å². The summed E-state index contributed by atoms with van der Waals surface area (Å²) in [6, 6.07) is 3.74. The van der Waals surface area contributed by atoms with Gasteiger partial charge in [-0.25, -0.2) is 13.1 Å². The molecular weight excluding hydrogens is 389 g/mol. The first kappa shape index (κ1) is 20.7. The summed E-state index contributed by atoms with van der Waals surface area (Å²) in [5.74, 6) is -0.900. The third-order valence-electron chi connectivity index (χ3n) is 3.42. The number of carbonyl (C=O) groups excluding carboxylic acids is 1. The zero-order chi connectivity index (χ0) is 20.1. The van der Waals surface area contributed by atoms with E-state index >= 15 is 0 Å². The van der Waals surface area contributed by atoms with Crippen LogP contribution in [0.1, 0.15) is 17.7 Å². The molecule has 0 aliphatic carbocycles. The summed E-state index contributed by atoms with van der Waals surface area (Å²) in [6.45, 7) is 1.89. The lowest BCUT2D eigenvalue weighted by atomic mass is 10.2. The van der Waals surface area contributed by atoms with Gasteiger partial charge in [-0.15, -0.1) is 13.2 Å². The minimum absolute atomic E-state index is 0.106. The highest BCUT2D eigenvalue weighted by Gasteiger charge is 2.31. The Morgan fingerprint density at radius 3 is 2.48 bits per heavy atom. The lowest BCUT2D eigenvalue weighted by Crippen LogP contribution is -2.30. The van der Waals surface area contributed by atoms with Crippen molar-refractivity contribution in [2.45, 2.75) is 31.1 Å². The van der Waals surface area contributed by atoms with Crippen LogP contribution in [0, 0.1) is 6.92 Å². The molecule has 0 radical (unpaired) electrons. The van der Waals surface area contributed by atoms with E-state index in [-0.39, 0.29) is 30.3 Å². The van der Waals surface area contributed by atoms with Crippen molar-refractivity contribution >= 4 is 15.9 Å². The first-order valence-electron chi connectivity index (χ1n) is 7.68. The molecule has 0 bridgehead atoms. The molecule has 1 amide bonds. The summed E-state index contributed by atoms with van der Waals surface area (Å²) < 4.78 is 66.3. The second-order valence-electron chi connectivity index (χ2n) is 5.46. The molecule has 0 spiro atoms. The number of aromatic nitrogens is 2. The number of hydrogen-bond donors (Lipinski definition) is 3. The normalized spacial score (nSPS) is 12.0. The number of hydrogen-bond acceptors (Lipinski definition) is 5. The number of carbonyl (C=O) groups is 1. The third kappa shape index (κ3) is 6.57. The number of ether oxygens (including phenoxy) is 1. The van der Waals surface area contributed by atoms with E-state index in [1.165, 1.54) is 0 Å². The van der Waals surface area contributed by atoms with Crippen molar-refractivity contribution < 1.29 is 31.1 Å². The minimum Gasteiger partial charge on any atom is -0.406 e. The predicted octanol–water partition coefficient (Wildman–Crippen LogP) is 1.60. The van der Waals surface area contributed by atoms with Gasteiger partial charge in [0.25, 0.3) is 0 Å². The maximum Gasteiger partial charge on any atom is 0.573 e. The van der Waals surface area contributed by atoms with Crippen LogP contribution in [0.4, 0.5) is 13.2 Å². The zero-order valence-corrected chi connectivity index (χ0v) is 14.9. The van der Waals surface area contributed by atoms with E-state index in [0.29, 0.717) is 0 Å². The lowest BCUT2D eigenvalue weighted by Gasteiger charge is -2.10. The first-order valence-corrected chi connectivity index (χ1v) is 9.16. The number of H-pyrrole nitrogens is 1. The van der Waals surface area contributed by atoms with Crippen LogP contribution < -0.4 is 14.8 Å². The molecule has 1 heterocycles. The predicted molar refractivity (Wildman–Crippen MR) is 88.1 cm³/mol. The Hall–Kier alpha value is -2.60. The molecule has 1 aromatic carbocycles. The van der Waals surface area contributed by atoms with Gasteiger partial charge < -0.3 is 10.1 Å². The molecule has 3 N–H and O–H groups in total. The van der Waals surface area contributed by atoms with Gasteiger partial charge in [0.15, 0.2) is 0 Å². The van der Waals surface area contributed by atoms with Gasteiger partial charge in [0.05, 0.1) is 11.1 Å². The average molecular weight is 406 g/mol. The fraction of sp³-hybridized carbons (Fsp3) is 0.333. The molecule has 0 atom stereocenters. The number of sulfonamides is 1. The van der Waals surface area contributed by atoms with Crippen molar-refractivity contribution in [1.82, 2.24) is 20.2 Å². The summed E-state index contributed by atoms with van der Waals surface area (Å²) in [7, 11) is -3.96. The topological polar surface area (TPSA) is 113 Å². The van der Waals surface area contributed by atoms with E-state index in [0.717, 1.165) is 35.5 Å². The van der Waals surface area contributed by atoms with Crippen LogP contribution in [-0.4, -0.2) is 37.4 Å². The Morgan fingerprint density at radius 2 is 1.93 bits per heavy atom. The molecule has 27 heavy (non-hydrogen) atoms. The summed E-state index contributed by atoms with van der Waals surface area (Å²) >= 11 is 0. The Balaban J connectivity index is 1.82. The zero-order valence-electron chi connectivity index (χ0n) is 14.1. The van der Waals surface area contributed by atoms with Crippen LogP contribution in [-0.2, 0) is 21.4 Å². The molecule has 0 unspecified atom stereocenters. The van der Waals surface area contributed by atoms with Crippen molar-refractivity contribution in [3.63, 3.8) is 0 Å². The quantitative estimate of drug-likeness (QED) is 0.616. The fourth-order valence-corrected chi connectivity index (χ4v) is 3.07. The molecule has 148 valence electrons. The highest BCUT2D eigenvalue weighted by atomic mass is 32.2. The van der Waals surface area contributed by atoms with Gasteiger partial charge in [0.1, 0.15) is 5.75 Å². The number of halogens is 3. The third-order valence-corrected chi connectivity index (χ3v) is 4.90. The number of benzene rings is 1. The van der Waals surface area contributed by atoms with E-state index in [4.69, 9.17) is 0 Å². The second-order valence-corrected chi connectivity index (χ2v) is 7.23. The molecule has 0 aliphatic rings. The molecule has 1 aromatic heterocycles. The van der Waals surface area contributed by atoms with Crippen molar-refractivity contribution in [1.29, 1.82) is 0 Å². The SMILES string of the molecule is Cc1[nH]ncc1CNC(=O)CCNS(=O)(=O)c1ccc(OC(F)(F)F)cc1. The number of nitrogens with zero attached hydrogens (tertiary/aromatic N) is 1. The van der Waals surface area contributed by atoms with Crippen molar-refractivity contribution in [2.24, 2.45) is 0 Å². The molecular formula is C15H17F3N4O4S. The molecule has 0 saturated heterocycles. The van der Waals surface area contributed by atoms with E-state index in [1.54, 1.807) is 13.1 Å².